The van der Waals surface area contributed by atoms with Crippen molar-refractivity contribution in [3.63, 3.8) is 0 Å². The number of ether oxygens (including phenoxy) is 1. The Labute approximate surface area is 149 Å². The molecular formula is C22H25NO2. The van der Waals surface area contributed by atoms with Crippen molar-refractivity contribution in [2.45, 2.75) is 50.0 Å². The van der Waals surface area contributed by atoms with Crippen LogP contribution in [0.15, 0.2) is 54.6 Å². The summed E-state index contributed by atoms with van der Waals surface area (Å²) < 4.78 is 6.28. The van der Waals surface area contributed by atoms with Crippen LogP contribution in [-0.2, 0) is 11.2 Å². The lowest BCUT2D eigenvalue weighted by atomic mass is 9.68. The first-order chi connectivity index (χ1) is 12.2. The maximum atomic E-state index is 12.5. The van der Waals surface area contributed by atoms with E-state index in [1.54, 1.807) is 0 Å². The number of rotatable bonds is 5. The molecule has 1 unspecified atom stereocenters. The average molecular weight is 335 g/mol. The molecule has 25 heavy (non-hydrogen) atoms. The lowest BCUT2D eigenvalue weighted by Crippen LogP contribution is -2.52. The Balaban J connectivity index is 1.66. The molecule has 1 aliphatic carbocycles. The molecule has 130 valence electrons. The van der Waals surface area contributed by atoms with Gasteiger partial charge in [-0.25, -0.2) is 0 Å². The van der Waals surface area contributed by atoms with Gasteiger partial charge in [-0.05, 0) is 48.3 Å². The minimum absolute atomic E-state index is 0.327. The Morgan fingerprint density at radius 3 is 2.52 bits per heavy atom. The first-order valence-corrected chi connectivity index (χ1v) is 9.30. The van der Waals surface area contributed by atoms with E-state index in [4.69, 9.17) is 10.5 Å². The van der Waals surface area contributed by atoms with Crippen molar-refractivity contribution in [3.05, 3.63) is 65.7 Å². The van der Waals surface area contributed by atoms with Crippen LogP contribution in [0.25, 0.3) is 0 Å². The first kappa shape index (κ1) is 16.2. The van der Waals surface area contributed by atoms with Gasteiger partial charge in [0.15, 0.2) is 5.60 Å². The molecular weight excluding hydrogens is 310 g/mol. The number of fused-ring (bicyclic) bond motifs is 1. The summed E-state index contributed by atoms with van der Waals surface area (Å²) in [7, 11) is 0. The zero-order valence-corrected chi connectivity index (χ0v) is 14.5. The summed E-state index contributed by atoms with van der Waals surface area (Å²) in [6.45, 7) is 0. The largest absolute Gasteiger partial charge is 0.477 e. The molecule has 1 heterocycles. The van der Waals surface area contributed by atoms with Crippen molar-refractivity contribution in [1.29, 1.82) is 0 Å². The molecule has 0 saturated heterocycles. The van der Waals surface area contributed by atoms with Gasteiger partial charge in [-0.15, -0.1) is 0 Å². The van der Waals surface area contributed by atoms with Crippen LogP contribution in [0.2, 0.25) is 0 Å². The molecule has 1 saturated carbocycles. The number of para-hydroxylation sites is 1. The summed E-state index contributed by atoms with van der Waals surface area (Å²) in [6.07, 6.45) is 5.91. The standard InChI is InChI=1S/C22H25NO2/c23-21(24)22(14-13-18-9-4-5-12-20(18)25-22)15-19(17-10-6-11-17)16-7-2-1-3-8-16/h1-5,7-9,12,17,19H,6,10-11,13-15H2,(H2,23,24)/t19-,22?/m0/s1. The summed E-state index contributed by atoms with van der Waals surface area (Å²) in [4.78, 5) is 12.5. The Bertz CT molecular complexity index is 754. The number of carbonyl (C=O) groups is 1. The van der Waals surface area contributed by atoms with Crippen LogP contribution in [0.5, 0.6) is 5.75 Å². The Kier molecular flexibility index (Phi) is 4.24. The second kappa shape index (κ2) is 6.55. The summed E-state index contributed by atoms with van der Waals surface area (Å²) in [5.41, 5.74) is 7.45. The molecule has 0 radical (unpaired) electrons. The zero-order chi connectivity index (χ0) is 17.3. The topological polar surface area (TPSA) is 52.3 Å². The van der Waals surface area contributed by atoms with Crippen molar-refractivity contribution < 1.29 is 9.53 Å². The predicted molar refractivity (Wildman–Crippen MR) is 98.5 cm³/mol. The fraction of sp³-hybridized carbons (Fsp3) is 0.409. The molecule has 3 nitrogen and oxygen atoms in total. The Morgan fingerprint density at radius 2 is 1.84 bits per heavy atom. The molecule has 4 rings (SSSR count). The van der Waals surface area contributed by atoms with E-state index < -0.39 is 5.60 Å². The third-order valence-electron chi connectivity index (χ3n) is 6.02. The Hall–Kier alpha value is -2.29. The van der Waals surface area contributed by atoms with Crippen LogP contribution in [0.1, 0.15) is 49.1 Å². The summed E-state index contributed by atoms with van der Waals surface area (Å²) >= 11 is 0. The minimum Gasteiger partial charge on any atom is -0.477 e. The van der Waals surface area contributed by atoms with Crippen molar-refractivity contribution >= 4 is 5.91 Å². The van der Waals surface area contributed by atoms with Gasteiger partial charge in [0.05, 0.1) is 0 Å². The Morgan fingerprint density at radius 1 is 1.12 bits per heavy atom. The maximum Gasteiger partial charge on any atom is 0.261 e. The van der Waals surface area contributed by atoms with Crippen molar-refractivity contribution in [2.75, 3.05) is 0 Å². The molecule has 2 aromatic carbocycles. The van der Waals surface area contributed by atoms with Gasteiger partial charge in [-0.1, -0.05) is 55.0 Å². The molecule has 2 atom stereocenters. The fourth-order valence-electron chi connectivity index (χ4n) is 4.28. The van der Waals surface area contributed by atoms with Gasteiger partial charge >= 0.3 is 0 Å². The molecule has 2 N–H and O–H groups in total. The molecule has 1 fully saturated rings. The van der Waals surface area contributed by atoms with Crippen molar-refractivity contribution in [1.82, 2.24) is 0 Å². The minimum atomic E-state index is -0.898. The number of aryl methyl sites for hydroxylation is 1. The molecule has 2 aliphatic rings. The van der Waals surface area contributed by atoms with Crippen LogP contribution < -0.4 is 10.5 Å². The van der Waals surface area contributed by atoms with Gasteiger partial charge in [0, 0.05) is 12.8 Å². The quantitative estimate of drug-likeness (QED) is 0.890. The van der Waals surface area contributed by atoms with Gasteiger partial charge in [0.2, 0.25) is 0 Å². The van der Waals surface area contributed by atoms with Crippen LogP contribution in [0.3, 0.4) is 0 Å². The highest BCUT2D eigenvalue weighted by molar-refractivity contribution is 5.84. The lowest BCUT2D eigenvalue weighted by molar-refractivity contribution is -0.136. The zero-order valence-electron chi connectivity index (χ0n) is 14.5. The van der Waals surface area contributed by atoms with Gasteiger partial charge in [-0.2, -0.15) is 0 Å². The molecule has 0 spiro atoms. The van der Waals surface area contributed by atoms with E-state index in [0.717, 1.165) is 12.2 Å². The number of amides is 1. The second-order valence-corrected chi connectivity index (χ2v) is 7.48. The number of carbonyl (C=O) groups excluding carboxylic acids is 1. The molecule has 0 aromatic heterocycles. The summed E-state index contributed by atoms with van der Waals surface area (Å²) in [5, 5.41) is 0. The molecule has 1 amide bonds. The third kappa shape index (κ3) is 3.04. The number of nitrogens with two attached hydrogens (primary N) is 1. The van der Waals surface area contributed by atoms with E-state index >= 15 is 0 Å². The molecule has 0 bridgehead atoms. The highest BCUT2D eigenvalue weighted by Crippen LogP contribution is 2.46. The van der Waals surface area contributed by atoms with Crippen molar-refractivity contribution in [3.8, 4) is 5.75 Å². The van der Waals surface area contributed by atoms with Crippen LogP contribution in [0.4, 0.5) is 0 Å². The van der Waals surface area contributed by atoms with Gasteiger partial charge in [-0.3, -0.25) is 4.79 Å². The average Bonchev–Trinajstić information content (AvgIpc) is 2.60. The smallest absolute Gasteiger partial charge is 0.261 e. The van der Waals surface area contributed by atoms with Gasteiger partial charge in [0.1, 0.15) is 5.75 Å². The van der Waals surface area contributed by atoms with E-state index in [2.05, 4.69) is 30.3 Å². The monoisotopic (exact) mass is 335 g/mol. The summed E-state index contributed by atoms with van der Waals surface area (Å²) in [6, 6.07) is 18.5. The van der Waals surface area contributed by atoms with Crippen LogP contribution in [-0.4, -0.2) is 11.5 Å². The molecule has 1 aliphatic heterocycles. The first-order valence-electron chi connectivity index (χ1n) is 9.30. The van der Waals surface area contributed by atoms with E-state index in [9.17, 15) is 4.79 Å². The van der Waals surface area contributed by atoms with Crippen LogP contribution >= 0.6 is 0 Å². The number of primary amides is 1. The number of hydrogen-bond donors (Lipinski definition) is 1. The third-order valence-corrected chi connectivity index (χ3v) is 6.02. The fourth-order valence-corrected chi connectivity index (χ4v) is 4.28. The van der Waals surface area contributed by atoms with E-state index in [0.29, 0.717) is 24.7 Å². The highest BCUT2D eigenvalue weighted by atomic mass is 16.5. The predicted octanol–water partition coefficient (Wildman–Crippen LogP) is 4.21. The lowest BCUT2D eigenvalue weighted by Gasteiger charge is -2.42. The normalized spacial score (nSPS) is 23.8. The highest BCUT2D eigenvalue weighted by Gasteiger charge is 2.46. The number of benzene rings is 2. The maximum absolute atomic E-state index is 12.5. The second-order valence-electron chi connectivity index (χ2n) is 7.48. The van der Waals surface area contributed by atoms with Crippen LogP contribution in [0, 0.1) is 5.92 Å². The molecule has 2 aromatic rings. The molecule has 3 heteroatoms. The van der Waals surface area contributed by atoms with Gasteiger partial charge in [0.25, 0.3) is 5.91 Å². The number of hydrogen-bond acceptors (Lipinski definition) is 2. The van der Waals surface area contributed by atoms with Crippen molar-refractivity contribution in [2.24, 2.45) is 11.7 Å². The van der Waals surface area contributed by atoms with E-state index in [1.165, 1.54) is 30.4 Å². The van der Waals surface area contributed by atoms with E-state index in [-0.39, 0.29) is 5.91 Å². The summed E-state index contributed by atoms with van der Waals surface area (Å²) in [5.74, 6) is 1.43. The van der Waals surface area contributed by atoms with E-state index in [1.807, 2.05) is 24.3 Å². The SMILES string of the molecule is NC(=O)C1(C[C@@H](c2ccccc2)C2CCC2)CCc2ccccc2O1. The van der Waals surface area contributed by atoms with Gasteiger partial charge < -0.3 is 10.5 Å².